The van der Waals surface area contributed by atoms with Crippen molar-refractivity contribution in [1.82, 2.24) is 9.78 Å². The zero-order valence-corrected chi connectivity index (χ0v) is 24.4. The van der Waals surface area contributed by atoms with Crippen LogP contribution in [0.2, 0.25) is 0 Å². The van der Waals surface area contributed by atoms with Crippen LogP contribution in [0.5, 0.6) is 5.88 Å². The second kappa shape index (κ2) is 12.6. The van der Waals surface area contributed by atoms with Crippen LogP contribution in [0.4, 0.5) is 5.69 Å². The molecule has 14 nitrogen and oxygen atoms in total. The van der Waals surface area contributed by atoms with Gasteiger partial charge in [0.2, 0.25) is 11.8 Å². The fourth-order valence-electron chi connectivity index (χ4n) is 3.86. The van der Waals surface area contributed by atoms with Crippen LogP contribution in [0.3, 0.4) is 0 Å². The lowest BCUT2D eigenvalue weighted by Crippen LogP contribution is -2.21. The van der Waals surface area contributed by atoms with Crippen LogP contribution in [0.15, 0.2) is 98.1 Å². The average molecular weight is 631 g/mol. The number of rotatable bonds is 10. The Hall–Kier alpha value is -4.77. The lowest BCUT2D eigenvalue weighted by atomic mass is 10.2. The van der Waals surface area contributed by atoms with Gasteiger partial charge in [0.1, 0.15) is 11.1 Å². The van der Waals surface area contributed by atoms with Gasteiger partial charge < -0.3 is 9.47 Å². The molecule has 0 atom stereocenters. The molecule has 0 saturated carbocycles. The third-order valence-electron chi connectivity index (χ3n) is 5.83. The molecular weight excluding hydrogens is 604 g/mol. The number of ether oxygens (including phenoxy) is 2. The molecule has 226 valence electrons. The first-order chi connectivity index (χ1) is 20.3. The number of anilines is 1. The number of amides is 1. The summed E-state index contributed by atoms with van der Waals surface area (Å²) in [5.74, 6) is -0.322. The minimum absolute atomic E-state index is 0.0483. The highest BCUT2D eigenvalue weighted by atomic mass is 32.2. The maximum atomic E-state index is 13.1. The molecule has 0 saturated heterocycles. The van der Waals surface area contributed by atoms with Crippen LogP contribution in [-0.4, -0.2) is 60.7 Å². The Kier molecular flexibility index (Phi) is 9.15. The van der Waals surface area contributed by atoms with Crippen LogP contribution in [0, 0.1) is 0 Å². The molecular formula is C27H26N4O10S2. The normalized spacial score (nSPS) is 15.2. The van der Waals surface area contributed by atoms with E-state index >= 15 is 0 Å². The minimum Gasteiger partial charge on any atom is -0.478 e. The third-order valence-corrected chi connectivity index (χ3v) is 7.56. The fraction of sp³-hybridized carbons (Fsp3) is 0.148. The fourth-order valence-corrected chi connectivity index (χ4v) is 4.82. The molecule has 2 heterocycles. The molecule has 0 radical (unpaired) electrons. The summed E-state index contributed by atoms with van der Waals surface area (Å²) in [5, 5.41) is 8.03. The van der Waals surface area contributed by atoms with Crippen molar-refractivity contribution in [3.8, 4) is 11.6 Å². The largest absolute Gasteiger partial charge is 0.478 e. The van der Waals surface area contributed by atoms with E-state index in [4.69, 9.17) is 9.47 Å². The van der Waals surface area contributed by atoms with Gasteiger partial charge in [-0.15, -0.1) is 5.10 Å². The number of aromatic amines is 1. The van der Waals surface area contributed by atoms with Crippen molar-refractivity contribution in [2.24, 2.45) is 5.10 Å². The quantitative estimate of drug-likeness (QED) is 0.170. The number of aromatic nitrogens is 2. The van der Waals surface area contributed by atoms with E-state index in [1.165, 1.54) is 42.5 Å². The van der Waals surface area contributed by atoms with Crippen LogP contribution < -0.4 is 15.3 Å². The van der Waals surface area contributed by atoms with Crippen molar-refractivity contribution in [2.45, 2.75) is 23.6 Å². The molecule has 1 aromatic heterocycles. The van der Waals surface area contributed by atoms with E-state index in [2.05, 4.69) is 10.2 Å². The number of hydrogen-bond donors (Lipinski definition) is 3. The molecule has 1 aliphatic heterocycles. The lowest BCUT2D eigenvalue weighted by molar-refractivity contribution is -0.114. The van der Waals surface area contributed by atoms with Crippen LogP contribution in [-0.2, 0) is 29.8 Å². The number of nitrogens with zero attached hydrogens (tertiary/aromatic N) is 3. The number of H-pyrrole nitrogens is 1. The number of hydrogen-bond acceptors (Lipinski definition) is 9. The number of benzene rings is 2. The molecule has 4 rings (SSSR count). The molecule has 0 spiro atoms. The summed E-state index contributed by atoms with van der Waals surface area (Å²) in [6, 6.07) is 9.92. The number of hydrazone groups is 1. The smallest absolute Gasteiger partial charge is 0.294 e. The topological polar surface area (TPSA) is 198 Å². The van der Waals surface area contributed by atoms with E-state index in [9.17, 15) is 35.5 Å². The van der Waals surface area contributed by atoms with E-state index in [1.54, 1.807) is 26.0 Å². The molecule has 1 aliphatic rings. The molecule has 0 unspecified atom stereocenters. The Balaban J connectivity index is 1.56. The molecule has 16 heteroatoms. The van der Waals surface area contributed by atoms with E-state index in [1.807, 2.05) is 0 Å². The van der Waals surface area contributed by atoms with E-state index in [0.29, 0.717) is 5.69 Å². The molecule has 2 aromatic carbocycles. The third kappa shape index (κ3) is 7.00. The van der Waals surface area contributed by atoms with Gasteiger partial charge in [-0.3, -0.25) is 23.8 Å². The zero-order chi connectivity index (χ0) is 31.4. The summed E-state index contributed by atoms with van der Waals surface area (Å²) >= 11 is 0. The number of allylic oxidation sites excluding steroid dienone is 4. The van der Waals surface area contributed by atoms with E-state index < -0.39 is 31.7 Å². The van der Waals surface area contributed by atoms with Crippen molar-refractivity contribution in [3.63, 3.8) is 0 Å². The predicted molar refractivity (Wildman–Crippen MR) is 156 cm³/mol. The first kappa shape index (κ1) is 31.2. The highest BCUT2D eigenvalue weighted by Crippen LogP contribution is 2.25. The Morgan fingerprint density at radius 1 is 0.814 bits per heavy atom. The molecule has 3 N–H and O–H groups in total. The van der Waals surface area contributed by atoms with Gasteiger partial charge in [0.15, 0.2) is 0 Å². The van der Waals surface area contributed by atoms with Crippen molar-refractivity contribution < 1.29 is 40.2 Å². The van der Waals surface area contributed by atoms with Crippen LogP contribution >= 0.6 is 0 Å². The Morgan fingerprint density at radius 2 is 1.37 bits per heavy atom. The summed E-state index contributed by atoms with van der Waals surface area (Å²) in [4.78, 5) is 25.5. The minimum atomic E-state index is -4.40. The second-order valence-corrected chi connectivity index (χ2v) is 11.5. The summed E-state index contributed by atoms with van der Waals surface area (Å²) < 4.78 is 75.8. The number of nitrogens with one attached hydrogen (secondary N) is 1. The molecule has 3 aromatic rings. The molecule has 0 aliphatic carbocycles. The van der Waals surface area contributed by atoms with Crippen molar-refractivity contribution >= 4 is 43.8 Å². The van der Waals surface area contributed by atoms with E-state index in [0.717, 1.165) is 34.0 Å². The molecule has 0 bridgehead atoms. The highest BCUT2D eigenvalue weighted by Gasteiger charge is 2.32. The van der Waals surface area contributed by atoms with Gasteiger partial charge in [0.05, 0.1) is 34.4 Å². The summed E-state index contributed by atoms with van der Waals surface area (Å²) in [6.07, 6.45) is 7.57. The standard InChI is InChI=1S/C27H26N4O10S2/c1-3-40-24-22(26(32)30(28-24)18-10-14-20(15-11-18)42(34,35)36)8-6-5-7-9-23-25(41-4-2)29-31(27(23)33)19-12-16-21(17-13-19)43(37,38)39/h5-17,28H,3-4H2,1-2H3,(H,34,35,36)(H,37,38,39). The SMILES string of the molecule is CCOC1=NN(c2ccc(S(=O)(=O)O)cc2)C(=O)C1=CC=CC=Cc1c(OCC)[nH]n(-c2ccc(S(=O)(=O)O)cc2)c1=O. The number of carbonyl (C=O) groups excluding carboxylic acids is 1. The monoisotopic (exact) mass is 630 g/mol. The van der Waals surface area contributed by atoms with Gasteiger partial charge in [-0.05, 0) is 74.5 Å². The molecule has 0 fully saturated rings. The summed E-state index contributed by atoms with van der Waals surface area (Å²) in [5.41, 5.74) is 0.363. The van der Waals surface area contributed by atoms with Crippen molar-refractivity contribution in [2.75, 3.05) is 18.2 Å². The lowest BCUT2D eigenvalue weighted by Gasteiger charge is -2.11. The first-order valence-electron chi connectivity index (χ1n) is 12.6. The maximum absolute atomic E-state index is 13.1. The maximum Gasteiger partial charge on any atom is 0.294 e. The van der Waals surface area contributed by atoms with Crippen molar-refractivity contribution in [1.29, 1.82) is 0 Å². The van der Waals surface area contributed by atoms with Gasteiger partial charge in [0.25, 0.3) is 31.7 Å². The van der Waals surface area contributed by atoms with Gasteiger partial charge in [0, 0.05) is 0 Å². The van der Waals surface area contributed by atoms with Crippen LogP contribution in [0.1, 0.15) is 19.4 Å². The Bertz CT molecular complexity index is 1920. The average Bonchev–Trinajstić information content (AvgIpc) is 3.43. The Labute approximate surface area is 246 Å². The molecule has 43 heavy (non-hydrogen) atoms. The van der Waals surface area contributed by atoms with Gasteiger partial charge >= 0.3 is 0 Å². The van der Waals surface area contributed by atoms with Gasteiger partial charge in [-0.25, -0.2) is 4.68 Å². The van der Waals surface area contributed by atoms with Crippen LogP contribution in [0.25, 0.3) is 11.8 Å². The predicted octanol–water partition coefficient (Wildman–Crippen LogP) is 2.95. The zero-order valence-electron chi connectivity index (χ0n) is 22.7. The van der Waals surface area contributed by atoms with E-state index in [-0.39, 0.29) is 51.6 Å². The number of carbonyl (C=O) groups is 1. The van der Waals surface area contributed by atoms with Crippen molar-refractivity contribution in [3.05, 3.63) is 94.3 Å². The first-order valence-corrected chi connectivity index (χ1v) is 15.5. The summed E-state index contributed by atoms with van der Waals surface area (Å²) in [6.45, 7) is 3.93. The highest BCUT2D eigenvalue weighted by molar-refractivity contribution is 7.86. The summed E-state index contributed by atoms with van der Waals surface area (Å²) in [7, 11) is -8.80. The Morgan fingerprint density at radius 3 is 1.91 bits per heavy atom. The van der Waals surface area contributed by atoms with Gasteiger partial charge in [-0.1, -0.05) is 18.2 Å². The molecule has 1 amide bonds. The second-order valence-electron chi connectivity index (χ2n) is 8.65. The van der Waals surface area contributed by atoms with Gasteiger partial charge in [-0.2, -0.15) is 21.8 Å².